The van der Waals surface area contributed by atoms with Crippen LogP contribution >= 0.6 is 0 Å². The van der Waals surface area contributed by atoms with Crippen molar-refractivity contribution in [2.45, 2.75) is 25.8 Å². The quantitative estimate of drug-likeness (QED) is 0.664. The van der Waals surface area contributed by atoms with Crippen molar-refractivity contribution in [3.8, 4) is 5.75 Å². The van der Waals surface area contributed by atoms with Gasteiger partial charge >= 0.3 is 0 Å². The van der Waals surface area contributed by atoms with E-state index in [1.54, 1.807) is 0 Å². The first-order valence-corrected chi connectivity index (χ1v) is 9.46. The van der Waals surface area contributed by atoms with Crippen LogP contribution < -0.4 is 10.1 Å². The maximum atomic E-state index is 12.4. The molecule has 0 aliphatic heterocycles. The lowest BCUT2D eigenvalue weighted by Crippen LogP contribution is -2.40. The number of para-hydroxylation sites is 1. The van der Waals surface area contributed by atoms with E-state index in [1.165, 1.54) is 18.4 Å². The largest absolute Gasteiger partial charge is 0.492 e. The molecular weight excluding hydrogens is 324 g/mol. The van der Waals surface area contributed by atoms with Crippen LogP contribution in [0, 0.1) is 5.92 Å². The predicted octanol–water partition coefficient (Wildman–Crippen LogP) is 3.65. The fraction of sp³-hybridized carbons (Fsp3) is 0.409. The van der Waals surface area contributed by atoms with Crippen molar-refractivity contribution >= 4 is 5.91 Å². The number of rotatable bonds is 10. The van der Waals surface area contributed by atoms with E-state index in [4.69, 9.17) is 4.74 Å². The van der Waals surface area contributed by atoms with Crippen LogP contribution in [0.25, 0.3) is 0 Å². The number of hydrogen-bond donors (Lipinski definition) is 1. The number of carbonyl (C=O) groups is 1. The summed E-state index contributed by atoms with van der Waals surface area (Å²) in [5, 5.41) is 2.98. The van der Waals surface area contributed by atoms with E-state index in [-0.39, 0.29) is 11.9 Å². The second-order valence-electron chi connectivity index (χ2n) is 6.97. The Morgan fingerprint density at radius 3 is 2.42 bits per heavy atom. The maximum absolute atomic E-state index is 12.4. The molecule has 0 saturated heterocycles. The van der Waals surface area contributed by atoms with E-state index in [0.29, 0.717) is 19.7 Å². The van der Waals surface area contributed by atoms with E-state index in [2.05, 4.69) is 41.4 Å². The number of nitrogens with zero attached hydrogens (tertiary/aromatic N) is 1. The Morgan fingerprint density at radius 1 is 1.12 bits per heavy atom. The molecular formula is C22H28N2O2. The van der Waals surface area contributed by atoms with Crippen molar-refractivity contribution in [1.82, 2.24) is 10.2 Å². The minimum atomic E-state index is 0.0603. The van der Waals surface area contributed by atoms with Crippen LogP contribution in [0.5, 0.6) is 5.75 Å². The highest BCUT2D eigenvalue weighted by Gasteiger charge is 2.28. The topological polar surface area (TPSA) is 41.6 Å². The van der Waals surface area contributed by atoms with Gasteiger partial charge in [0, 0.05) is 12.6 Å². The third-order valence-electron chi connectivity index (χ3n) is 4.80. The molecule has 1 fully saturated rings. The van der Waals surface area contributed by atoms with Gasteiger partial charge < -0.3 is 10.1 Å². The van der Waals surface area contributed by atoms with Gasteiger partial charge in [0.2, 0.25) is 5.91 Å². The van der Waals surface area contributed by atoms with Gasteiger partial charge in [-0.05, 0) is 43.4 Å². The normalized spacial score (nSPS) is 14.8. The van der Waals surface area contributed by atoms with Gasteiger partial charge in [-0.2, -0.15) is 0 Å². The molecule has 0 radical (unpaired) electrons. The summed E-state index contributed by atoms with van der Waals surface area (Å²) in [4.78, 5) is 14.7. The molecule has 1 amide bonds. The second kappa shape index (κ2) is 9.39. The smallest absolute Gasteiger partial charge is 0.234 e. The summed E-state index contributed by atoms with van der Waals surface area (Å²) < 4.78 is 5.62. The lowest BCUT2D eigenvalue weighted by molar-refractivity contribution is -0.122. The first-order chi connectivity index (χ1) is 12.7. The van der Waals surface area contributed by atoms with Crippen molar-refractivity contribution in [1.29, 1.82) is 0 Å². The number of benzene rings is 2. The second-order valence-corrected chi connectivity index (χ2v) is 6.97. The Bertz CT molecular complexity index is 671. The average Bonchev–Trinajstić information content (AvgIpc) is 3.50. The summed E-state index contributed by atoms with van der Waals surface area (Å²) in [6.45, 7) is 4.60. The van der Waals surface area contributed by atoms with Crippen LogP contribution in [-0.2, 0) is 4.79 Å². The van der Waals surface area contributed by atoms with E-state index in [0.717, 1.165) is 18.2 Å². The molecule has 138 valence electrons. The molecule has 3 rings (SSSR count). The van der Waals surface area contributed by atoms with E-state index < -0.39 is 0 Å². The first kappa shape index (κ1) is 18.5. The van der Waals surface area contributed by atoms with Crippen molar-refractivity contribution in [2.75, 3.05) is 26.2 Å². The van der Waals surface area contributed by atoms with E-state index in [9.17, 15) is 4.79 Å². The van der Waals surface area contributed by atoms with Crippen LogP contribution in [0.4, 0.5) is 0 Å². The molecule has 1 aliphatic carbocycles. The van der Waals surface area contributed by atoms with Crippen molar-refractivity contribution in [3.05, 3.63) is 66.2 Å². The Morgan fingerprint density at radius 2 is 1.77 bits per heavy atom. The zero-order valence-corrected chi connectivity index (χ0v) is 15.4. The molecule has 1 aliphatic rings. The minimum absolute atomic E-state index is 0.0603. The van der Waals surface area contributed by atoms with Crippen molar-refractivity contribution in [3.63, 3.8) is 0 Å². The van der Waals surface area contributed by atoms with Crippen LogP contribution in [0.15, 0.2) is 60.7 Å². The molecule has 2 aromatic carbocycles. The Hall–Kier alpha value is -2.33. The Balaban J connectivity index is 1.46. The van der Waals surface area contributed by atoms with Crippen LogP contribution in [0.1, 0.15) is 31.4 Å². The van der Waals surface area contributed by atoms with Crippen molar-refractivity contribution in [2.24, 2.45) is 5.92 Å². The lowest BCUT2D eigenvalue weighted by atomic mass is 10.1. The number of ether oxygens (including phenoxy) is 1. The summed E-state index contributed by atoms with van der Waals surface area (Å²) >= 11 is 0. The highest BCUT2D eigenvalue weighted by Crippen LogP contribution is 2.32. The molecule has 0 spiro atoms. The van der Waals surface area contributed by atoms with Gasteiger partial charge in [-0.25, -0.2) is 0 Å². The number of nitrogens with one attached hydrogen (secondary N) is 1. The van der Waals surface area contributed by atoms with E-state index in [1.807, 2.05) is 36.4 Å². The molecule has 2 aromatic rings. The summed E-state index contributed by atoms with van der Waals surface area (Å²) in [6, 6.07) is 20.3. The summed E-state index contributed by atoms with van der Waals surface area (Å²) in [5.41, 5.74) is 1.26. The van der Waals surface area contributed by atoms with E-state index >= 15 is 0 Å². The molecule has 1 atom stereocenters. The molecule has 0 aromatic heterocycles. The van der Waals surface area contributed by atoms with Crippen LogP contribution in [-0.4, -0.2) is 37.0 Å². The SMILES string of the molecule is CC(c1ccccc1)N(CC(=O)NCCOc1ccccc1)CC1CC1. The average molecular weight is 352 g/mol. The molecule has 4 nitrogen and oxygen atoms in total. The van der Waals surface area contributed by atoms with Gasteiger partial charge in [-0.3, -0.25) is 9.69 Å². The number of hydrogen-bond acceptors (Lipinski definition) is 3. The maximum Gasteiger partial charge on any atom is 0.234 e. The summed E-state index contributed by atoms with van der Waals surface area (Å²) in [6.07, 6.45) is 2.56. The molecule has 1 saturated carbocycles. The molecule has 26 heavy (non-hydrogen) atoms. The monoisotopic (exact) mass is 352 g/mol. The first-order valence-electron chi connectivity index (χ1n) is 9.46. The van der Waals surface area contributed by atoms with Gasteiger partial charge in [0.15, 0.2) is 0 Å². The molecule has 4 heteroatoms. The molecule has 1 N–H and O–H groups in total. The third-order valence-corrected chi connectivity index (χ3v) is 4.80. The summed E-state index contributed by atoms with van der Waals surface area (Å²) in [7, 11) is 0. The highest BCUT2D eigenvalue weighted by molar-refractivity contribution is 5.78. The van der Waals surface area contributed by atoms with Gasteiger partial charge in [-0.15, -0.1) is 0 Å². The minimum Gasteiger partial charge on any atom is -0.492 e. The molecule has 0 bridgehead atoms. The zero-order chi connectivity index (χ0) is 18.2. The van der Waals surface area contributed by atoms with Gasteiger partial charge in [0.1, 0.15) is 12.4 Å². The van der Waals surface area contributed by atoms with Crippen molar-refractivity contribution < 1.29 is 9.53 Å². The third kappa shape index (κ3) is 5.88. The number of carbonyl (C=O) groups excluding carboxylic acids is 1. The zero-order valence-electron chi connectivity index (χ0n) is 15.4. The fourth-order valence-corrected chi connectivity index (χ4v) is 3.05. The van der Waals surface area contributed by atoms with Crippen LogP contribution in [0.2, 0.25) is 0 Å². The Kier molecular flexibility index (Phi) is 6.67. The van der Waals surface area contributed by atoms with Gasteiger partial charge in [-0.1, -0.05) is 48.5 Å². The predicted molar refractivity (Wildman–Crippen MR) is 104 cm³/mol. The van der Waals surface area contributed by atoms with Crippen LogP contribution in [0.3, 0.4) is 0 Å². The molecule has 1 unspecified atom stereocenters. The van der Waals surface area contributed by atoms with Gasteiger partial charge in [0.25, 0.3) is 0 Å². The standard InChI is InChI=1S/C22H28N2O2/c1-18(20-8-4-2-5-9-20)24(16-19-12-13-19)17-22(25)23-14-15-26-21-10-6-3-7-11-21/h2-11,18-19H,12-17H2,1H3,(H,23,25). The number of amides is 1. The Labute approximate surface area is 156 Å². The molecule has 0 heterocycles. The van der Waals surface area contributed by atoms with Gasteiger partial charge in [0.05, 0.1) is 13.1 Å². The lowest BCUT2D eigenvalue weighted by Gasteiger charge is -2.29. The fourth-order valence-electron chi connectivity index (χ4n) is 3.05. The highest BCUT2D eigenvalue weighted by atomic mass is 16.5. The summed E-state index contributed by atoms with van der Waals surface area (Å²) in [5.74, 6) is 1.63.